The lowest BCUT2D eigenvalue weighted by Crippen LogP contribution is -2.30. The van der Waals surface area contributed by atoms with Crippen LogP contribution in [-0.4, -0.2) is 25.0 Å². The quantitative estimate of drug-likeness (QED) is 0.855. The highest BCUT2D eigenvalue weighted by molar-refractivity contribution is 8.00. The van der Waals surface area contributed by atoms with Crippen molar-refractivity contribution in [3.8, 4) is 0 Å². The lowest BCUT2D eigenvalue weighted by molar-refractivity contribution is 0.0455. The zero-order valence-corrected chi connectivity index (χ0v) is 10.1. The van der Waals surface area contributed by atoms with E-state index in [-0.39, 0.29) is 5.82 Å². The van der Waals surface area contributed by atoms with Crippen molar-refractivity contribution in [2.75, 3.05) is 19.8 Å². The summed E-state index contributed by atoms with van der Waals surface area (Å²) < 4.78 is 18.3. The average Bonchev–Trinajstić information content (AvgIpc) is 2.22. The van der Waals surface area contributed by atoms with Gasteiger partial charge in [-0.25, -0.2) is 4.39 Å². The Kier molecular flexibility index (Phi) is 4.21. The highest BCUT2D eigenvalue weighted by Crippen LogP contribution is 2.31. The number of nitrogens with one attached hydrogen (secondary N) is 1. The predicted octanol–water partition coefficient (Wildman–Crippen LogP) is 2.43. The van der Waals surface area contributed by atoms with Gasteiger partial charge in [-0.15, -0.1) is 11.8 Å². The summed E-state index contributed by atoms with van der Waals surface area (Å²) in [4.78, 5) is 1.16. The maximum atomic E-state index is 13.1. The summed E-state index contributed by atoms with van der Waals surface area (Å²) in [6.45, 7) is 5.29. The first-order chi connectivity index (χ1) is 7.79. The summed E-state index contributed by atoms with van der Waals surface area (Å²) in [5.74, 6) is -0.165. The summed E-state index contributed by atoms with van der Waals surface area (Å²) in [7, 11) is 0. The van der Waals surface area contributed by atoms with Gasteiger partial charge < -0.3 is 10.1 Å². The molecule has 1 aliphatic heterocycles. The van der Waals surface area contributed by atoms with Crippen LogP contribution in [-0.2, 0) is 11.3 Å². The van der Waals surface area contributed by atoms with Crippen LogP contribution >= 0.6 is 11.8 Å². The SMILES string of the molecule is CCNCc1cc(F)ccc1SC1COC1. The Morgan fingerprint density at radius 3 is 2.94 bits per heavy atom. The van der Waals surface area contributed by atoms with Gasteiger partial charge in [0.25, 0.3) is 0 Å². The van der Waals surface area contributed by atoms with E-state index in [0.29, 0.717) is 5.25 Å². The van der Waals surface area contributed by atoms with Crippen molar-refractivity contribution in [2.45, 2.75) is 23.6 Å². The maximum absolute atomic E-state index is 13.1. The minimum Gasteiger partial charge on any atom is -0.379 e. The van der Waals surface area contributed by atoms with Gasteiger partial charge in [0.05, 0.1) is 18.5 Å². The van der Waals surface area contributed by atoms with Gasteiger partial charge in [-0.2, -0.15) is 0 Å². The smallest absolute Gasteiger partial charge is 0.123 e. The molecule has 0 amide bonds. The molecule has 1 aromatic carbocycles. The molecule has 2 rings (SSSR count). The first-order valence-corrected chi connectivity index (χ1v) is 6.41. The van der Waals surface area contributed by atoms with Crippen LogP contribution in [0, 0.1) is 5.82 Å². The van der Waals surface area contributed by atoms with E-state index in [2.05, 4.69) is 5.32 Å². The van der Waals surface area contributed by atoms with Gasteiger partial charge >= 0.3 is 0 Å². The molecule has 0 atom stereocenters. The van der Waals surface area contributed by atoms with Gasteiger partial charge in [0.2, 0.25) is 0 Å². The summed E-state index contributed by atoms with van der Waals surface area (Å²) >= 11 is 1.78. The molecule has 1 aromatic rings. The molecule has 1 fully saturated rings. The van der Waals surface area contributed by atoms with Crippen molar-refractivity contribution >= 4 is 11.8 Å². The van der Waals surface area contributed by atoms with Crippen LogP contribution in [0.3, 0.4) is 0 Å². The highest BCUT2D eigenvalue weighted by atomic mass is 32.2. The minimum absolute atomic E-state index is 0.165. The van der Waals surface area contributed by atoms with Crippen LogP contribution in [0.4, 0.5) is 4.39 Å². The van der Waals surface area contributed by atoms with Crippen molar-refractivity contribution in [3.63, 3.8) is 0 Å². The number of ether oxygens (including phenoxy) is 1. The molecule has 2 nitrogen and oxygen atoms in total. The van der Waals surface area contributed by atoms with Crippen molar-refractivity contribution in [2.24, 2.45) is 0 Å². The van der Waals surface area contributed by atoms with E-state index in [1.807, 2.05) is 13.0 Å². The second-order valence-electron chi connectivity index (χ2n) is 3.81. The summed E-state index contributed by atoms with van der Waals surface area (Å²) in [5.41, 5.74) is 1.04. The molecule has 0 radical (unpaired) electrons. The van der Waals surface area contributed by atoms with Crippen LogP contribution in [0.2, 0.25) is 0 Å². The van der Waals surface area contributed by atoms with E-state index in [9.17, 15) is 4.39 Å². The Morgan fingerprint density at radius 2 is 2.31 bits per heavy atom. The molecule has 1 aliphatic rings. The zero-order valence-electron chi connectivity index (χ0n) is 9.33. The van der Waals surface area contributed by atoms with Crippen LogP contribution in [0.25, 0.3) is 0 Å². The number of rotatable bonds is 5. The van der Waals surface area contributed by atoms with E-state index in [4.69, 9.17) is 4.74 Å². The molecule has 1 N–H and O–H groups in total. The molecule has 0 saturated carbocycles. The molecule has 1 heterocycles. The van der Waals surface area contributed by atoms with Gasteiger partial charge in [-0.05, 0) is 30.3 Å². The Balaban J connectivity index is 2.07. The van der Waals surface area contributed by atoms with E-state index in [1.165, 1.54) is 6.07 Å². The highest BCUT2D eigenvalue weighted by Gasteiger charge is 2.20. The molecule has 0 bridgehead atoms. The van der Waals surface area contributed by atoms with E-state index < -0.39 is 0 Å². The Hall–Kier alpha value is -0.580. The number of hydrogen-bond donors (Lipinski definition) is 1. The number of benzene rings is 1. The Labute approximate surface area is 99.6 Å². The van der Waals surface area contributed by atoms with Crippen LogP contribution in [0.1, 0.15) is 12.5 Å². The topological polar surface area (TPSA) is 21.3 Å². The summed E-state index contributed by atoms with van der Waals surface area (Å²) in [6, 6.07) is 5.01. The standard InChI is InChI=1S/C12H16FNOS/c1-2-14-6-9-5-10(13)3-4-12(9)16-11-7-15-8-11/h3-5,11,14H,2,6-8H2,1H3. The van der Waals surface area contributed by atoms with Gasteiger partial charge in [-0.1, -0.05) is 6.92 Å². The number of thioether (sulfide) groups is 1. The third kappa shape index (κ3) is 2.97. The van der Waals surface area contributed by atoms with Gasteiger partial charge in [0.1, 0.15) is 5.82 Å². The molecular weight excluding hydrogens is 225 g/mol. The molecule has 1 saturated heterocycles. The van der Waals surface area contributed by atoms with Gasteiger partial charge in [0.15, 0.2) is 0 Å². The third-order valence-electron chi connectivity index (χ3n) is 2.49. The molecular formula is C12H16FNOS. The van der Waals surface area contributed by atoms with E-state index >= 15 is 0 Å². The second kappa shape index (κ2) is 5.66. The lowest BCUT2D eigenvalue weighted by atomic mass is 10.2. The number of hydrogen-bond acceptors (Lipinski definition) is 3. The van der Waals surface area contributed by atoms with E-state index in [1.54, 1.807) is 17.8 Å². The van der Waals surface area contributed by atoms with Crippen molar-refractivity contribution < 1.29 is 9.13 Å². The first kappa shape index (κ1) is 11.9. The average molecular weight is 241 g/mol. The van der Waals surface area contributed by atoms with Gasteiger partial charge in [-0.3, -0.25) is 0 Å². The molecule has 0 aromatic heterocycles. The predicted molar refractivity (Wildman–Crippen MR) is 64.2 cm³/mol. The maximum Gasteiger partial charge on any atom is 0.123 e. The molecule has 0 aliphatic carbocycles. The van der Waals surface area contributed by atoms with Crippen molar-refractivity contribution in [1.29, 1.82) is 0 Å². The first-order valence-electron chi connectivity index (χ1n) is 5.53. The monoisotopic (exact) mass is 241 g/mol. The van der Waals surface area contributed by atoms with Crippen molar-refractivity contribution in [3.05, 3.63) is 29.6 Å². The minimum atomic E-state index is -0.165. The van der Waals surface area contributed by atoms with Gasteiger partial charge in [0, 0.05) is 11.4 Å². The normalized spacial score (nSPS) is 16.1. The second-order valence-corrected chi connectivity index (χ2v) is 5.15. The zero-order chi connectivity index (χ0) is 11.4. The van der Waals surface area contributed by atoms with E-state index in [0.717, 1.165) is 36.8 Å². The fourth-order valence-electron chi connectivity index (χ4n) is 1.52. The van der Waals surface area contributed by atoms with Crippen LogP contribution in [0.5, 0.6) is 0 Å². The van der Waals surface area contributed by atoms with Crippen LogP contribution in [0.15, 0.2) is 23.1 Å². The molecule has 88 valence electrons. The van der Waals surface area contributed by atoms with Crippen molar-refractivity contribution in [1.82, 2.24) is 5.32 Å². The fraction of sp³-hybridized carbons (Fsp3) is 0.500. The molecule has 16 heavy (non-hydrogen) atoms. The summed E-state index contributed by atoms with van der Waals surface area (Å²) in [5, 5.41) is 3.76. The lowest BCUT2D eigenvalue weighted by Gasteiger charge is -2.26. The third-order valence-corrected chi connectivity index (χ3v) is 3.75. The Morgan fingerprint density at radius 1 is 1.50 bits per heavy atom. The number of halogens is 1. The van der Waals surface area contributed by atoms with Crippen LogP contribution < -0.4 is 5.32 Å². The molecule has 4 heteroatoms. The molecule has 0 unspecified atom stereocenters. The fourth-order valence-corrected chi connectivity index (χ4v) is 2.64. The Bertz CT molecular complexity index is 355. The largest absolute Gasteiger partial charge is 0.379 e. The summed E-state index contributed by atoms with van der Waals surface area (Å²) in [6.07, 6.45) is 0. The molecule has 0 spiro atoms.